The number of carbonyl (C=O) groups is 1. The zero-order valence-electron chi connectivity index (χ0n) is 10.6. The highest BCUT2D eigenvalue weighted by atomic mass is 16.6. The van der Waals surface area contributed by atoms with E-state index in [-0.39, 0.29) is 11.5 Å². The molecule has 0 fully saturated rings. The number of imidazole rings is 1. The molecule has 102 valence electrons. The van der Waals surface area contributed by atoms with E-state index in [9.17, 15) is 4.79 Å². The maximum absolute atomic E-state index is 12.0. The molecule has 0 saturated carbocycles. The Kier molecular flexibility index (Phi) is 2.46. The van der Waals surface area contributed by atoms with Gasteiger partial charge in [0.15, 0.2) is 17.1 Å². The monoisotopic (exact) mass is 272 g/mol. The third-order valence-electron chi connectivity index (χ3n) is 3.39. The number of fused-ring (bicyclic) bond motifs is 1. The SMILES string of the molecule is CC(C(N)=O)(c1nonc1N)n1cnc2ccccc21. The van der Waals surface area contributed by atoms with Gasteiger partial charge in [0.2, 0.25) is 5.91 Å². The zero-order chi connectivity index (χ0) is 14.3. The molecule has 0 saturated heterocycles. The molecule has 4 N–H and O–H groups in total. The third kappa shape index (κ3) is 1.48. The van der Waals surface area contributed by atoms with E-state index in [1.54, 1.807) is 11.5 Å². The second kappa shape index (κ2) is 4.05. The lowest BCUT2D eigenvalue weighted by Crippen LogP contribution is -2.45. The summed E-state index contributed by atoms with van der Waals surface area (Å²) < 4.78 is 6.20. The van der Waals surface area contributed by atoms with Gasteiger partial charge in [-0.15, -0.1) is 0 Å². The Bertz CT molecular complexity index is 792. The van der Waals surface area contributed by atoms with Crippen molar-refractivity contribution >= 4 is 22.8 Å². The lowest BCUT2D eigenvalue weighted by atomic mass is 9.96. The van der Waals surface area contributed by atoms with Gasteiger partial charge >= 0.3 is 0 Å². The van der Waals surface area contributed by atoms with Crippen LogP contribution >= 0.6 is 0 Å². The molecule has 0 radical (unpaired) electrons. The van der Waals surface area contributed by atoms with Crippen LogP contribution in [0.25, 0.3) is 11.0 Å². The van der Waals surface area contributed by atoms with Gasteiger partial charge in [0.1, 0.15) is 0 Å². The summed E-state index contributed by atoms with van der Waals surface area (Å²) in [6.45, 7) is 1.60. The first-order chi connectivity index (χ1) is 9.55. The second-order valence-corrected chi connectivity index (χ2v) is 4.54. The van der Waals surface area contributed by atoms with Gasteiger partial charge in [-0.05, 0) is 29.4 Å². The van der Waals surface area contributed by atoms with Crippen LogP contribution in [-0.2, 0) is 10.3 Å². The Hall–Kier alpha value is -2.90. The molecule has 3 rings (SSSR count). The summed E-state index contributed by atoms with van der Waals surface area (Å²) in [7, 11) is 0. The molecule has 0 aliphatic heterocycles. The lowest BCUT2D eigenvalue weighted by Gasteiger charge is -2.25. The Morgan fingerprint density at radius 1 is 1.35 bits per heavy atom. The van der Waals surface area contributed by atoms with Crippen LogP contribution in [-0.4, -0.2) is 25.8 Å². The molecular weight excluding hydrogens is 260 g/mol. The van der Waals surface area contributed by atoms with E-state index in [4.69, 9.17) is 11.5 Å². The van der Waals surface area contributed by atoms with Crippen LogP contribution in [0.5, 0.6) is 0 Å². The Morgan fingerprint density at radius 3 is 2.75 bits per heavy atom. The van der Waals surface area contributed by atoms with Gasteiger partial charge in [0.25, 0.3) is 0 Å². The van der Waals surface area contributed by atoms with Crippen molar-refractivity contribution in [2.24, 2.45) is 5.73 Å². The zero-order valence-corrected chi connectivity index (χ0v) is 10.6. The van der Waals surface area contributed by atoms with Crippen molar-refractivity contribution in [2.45, 2.75) is 12.5 Å². The normalized spacial score (nSPS) is 14.2. The first kappa shape index (κ1) is 12.2. The quantitative estimate of drug-likeness (QED) is 0.703. The van der Waals surface area contributed by atoms with Gasteiger partial charge in [0.05, 0.1) is 17.4 Å². The van der Waals surface area contributed by atoms with Crippen molar-refractivity contribution in [3.05, 3.63) is 36.3 Å². The van der Waals surface area contributed by atoms with Crippen LogP contribution in [0.4, 0.5) is 5.82 Å². The topological polar surface area (TPSA) is 126 Å². The van der Waals surface area contributed by atoms with E-state index in [1.165, 1.54) is 6.33 Å². The number of hydrogen-bond acceptors (Lipinski definition) is 6. The first-order valence-electron chi connectivity index (χ1n) is 5.86. The minimum absolute atomic E-state index is 0.0177. The summed E-state index contributed by atoms with van der Waals surface area (Å²) in [5.74, 6) is -0.618. The van der Waals surface area contributed by atoms with Crippen molar-refractivity contribution < 1.29 is 9.42 Å². The van der Waals surface area contributed by atoms with Crippen molar-refractivity contribution in [2.75, 3.05) is 5.73 Å². The summed E-state index contributed by atoms with van der Waals surface area (Å²) in [4.78, 5) is 16.3. The van der Waals surface area contributed by atoms with Gasteiger partial charge in [-0.25, -0.2) is 9.61 Å². The average Bonchev–Trinajstić information content (AvgIpc) is 3.04. The molecule has 8 heteroatoms. The Labute approximate surface area is 113 Å². The number of nitrogen functional groups attached to an aromatic ring is 1. The van der Waals surface area contributed by atoms with Crippen LogP contribution in [0.1, 0.15) is 12.6 Å². The van der Waals surface area contributed by atoms with Gasteiger partial charge in [-0.1, -0.05) is 12.1 Å². The number of aromatic nitrogens is 4. The van der Waals surface area contributed by atoms with Gasteiger partial charge in [-0.2, -0.15) is 0 Å². The summed E-state index contributed by atoms with van der Waals surface area (Å²) in [6.07, 6.45) is 1.52. The largest absolute Gasteiger partial charge is 0.379 e. The highest BCUT2D eigenvalue weighted by Crippen LogP contribution is 2.30. The summed E-state index contributed by atoms with van der Waals surface area (Å²) in [6, 6.07) is 7.35. The second-order valence-electron chi connectivity index (χ2n) is 4.54. The maximum Gasteiger partial charge on any atom is 0.249 e. The highest BCUT2D eigenvalue weighted by Gasteiger charge is 2.41. The van der Waals surface area contributed by atoms with E-state index < -0.39 is 11.4 Å². The molecule has 8 nitrogen and oxygen atoms in total. The molecular formula is C12H12N6O2. The molecule has 0 aliphatic rings. The molecule has 1 aromatic carbocycles. The Morgan fingerprint density at radius 2 is 2.10 bits per heavy atom. The van der Waals surface area contributed by atoms with Crippen molar-refractivity contribution in [3.63, 3.8) is 0 Å². The maximum atomic E-state index is 12.0. The van der Waals surface area contributed by atoms with E-state index in [0.717, 1.165) is 11.0 Å². The number of nitrogens with two attached hydrogens (primary N) is 2. The molecule has 0 bridgehead atoms. The van der Waals surface area contributed by atoms with Crippen molar-refractivity contribution in [3.8, 4) is 0 Å². The van der Waals surface area contributed by atoms with E-state index >= 15 is 0 Å². The molecule has 0 spiro atoms. The van der Waals surface area contributed by atoms with Crippen LogP contribution in [0, 0.1) is 0 Å². The molecule has 20 heavy (non-hydrogen) atoms. The van der Waals surface area contributed by atoms with Crippen molar-refractivity contribution in [1.82, 2.24) is 19.9 Å². The smallest absolute Gasteiger partial charge is 0.249 e. The Balaban J connectivity index is 2.32. The van der Waals surface area contributed by atoms with Crippen LogP contribution in [0.3, 0.4) is 0 Å². The minimum atomic E-state index is -1.33. The minimum Gasteiger partial charge on any atom is -0.379 e. The number of benzene rings is 1. The number of para-hydroxylation sites is 2. The van der Waals surface area contributed by atoms with Crippen molar-refractivity contribution in [1.29, 1.82) is 0 Å². The standard InChI is InChI=1S/C12H12N6O2/c1-12(11(14)19,9-10(13)17-20-16-9)18-6-15-7-4-2-3-5-8(7)18/h2-6H,1H3,(H2,13,17)(H2,14,19). The highest BCUT2D eigenvalue weighted by molar-refractivity contribution is 5.89. The fraction of sp³-hybridized carbons (Fsp3) is 0.167. The number of carbonyl (C=O) groups excluding carboxylic acids is 1. The van der Waals surface area contributed by atoms with E-state index in [0.29, 0.717) is 0 Å². The molecule has 0 aliphatic carbocycles. The van der Waals surface area contributed by atoms with Gasteiger partial charge in [-0.3, -0.25) is 4.79 Å². The summed E-state index contributed by atoms with van der Waals surface area (Å²) in [5, 5.41) is 7.22. The fourth-order valence-electron chi connectivity index (χ4n) is 2.20. The molecule has 1 amide bonds. The number of nitrogens with zero attached hydrogens (tertiary/aromatic N) is 4. The number of primary amides is 1. The van der Waals surface area contributed by atoms with Crippen LogP contribution in [0.2, 0.25) is 0 Å². The molecule has 2 aromatic heterocycles. The molecule has 3 aromatic rings. The fourth-order valence-corrected chi connectivity index (χ4v) is 2.20. The predicted molar refractivity (Wildman–Crippen MR) is 70.4 cm³/mol. The molecule has 1 unspecified atom stereocenters. The summed E-state index contributed by atoms with van der Waals surface area (Å²) in [5.41, 5.74) is 11.6. The molecule has 1 atom stereocenters. The van der Waals surface area contributed by atoms with Crippen LogP contribution < -0.4 is 11.5 Å². The summed E-state index contributed by atoms with van der Waals surface area (Å²) >= 11 is 0. The van der Waals surface area contributed by atoms with E-state index in [1.807, 2.05) is 24.3 Å². The van der Waals surface area contributed by atoms with Crippen LogP contribution in [0.15, 0.2) is 35.2 Å². The average molecular weight is 272 g/mol. The number of rotatable bonds is 3. The van der Waals surface area contributed by atoms with E-state index in [2.05, 4.69) is 19.9 Å². The number of hydrogen-bond donors (Lipinski definition) is 2. The number of amides is 1. The molecule has 2 heterocycles. The lowest BCUT2D eigenvalue weighted by molar-refractivity contribution is -0.124. The number of anilines is 1. The third-order valence-corrected chi connectivity index (χ3v) is 3.39. The predicted octanol–water partition coefficient (Wildman–Crippen LogP) is 0.250. The van der Waals surface area contributed by atoms with Gasteiger partial charge in [0, 0.05) is 0 Å². The first-order valence-corrected chi connectivity index (χ1v) is 5.86. The van der Waals surface area contributed by atoms with Gasteiger partial charge < -0.3 is 16.0 Å².